The van der Waals surface area contributed by atoms with Crippen LogP contribution in [0, 0.1) is 0 Å². The van der Waals surface area contributed by atoms with Gasteiger partial charge in [0.2, 0.25) is 5.91 Å². The van der Waals surface area contributed by atoms with Crippen LogP contribution < -0.4 is 25.3 Å². The van der Waals surface area contributed by atoms with Crippen molar-refractivity contribution in [1.82, 2.24) is 10.6 Å². The van der Waals surface area contributed by atoms with E-state index in [0.29, 0.717) is 17.1 Å². The number of H-pyrrole nitrogens is 1. The Morgan fingerprint density at radius 2 is 2.04 bits per heavy atom. The molecule has 0 bridgehead atoms. The van der Waals surface area contributed by atoms with Gasteiger partial charge in [0, 0.05) is 0 Å². The molecule has 2 N–H and O–H groups in total. The lowest BCUT2D eigenvalue weighted by molar-refractivity contribution is -0.746. The van der Waals surface area contributed by atoms with E-state index in [0.717, 1.165) is 4.90 Å². The number of anilines is 1. The third-order valence-electron chi connectivity index (χ3n) is 3.91. The van der Waals surface area contributed by atoms with Gasteiger partial charge in [0.1, 0.15) is 5.75 Å². The number of amides is 2. The predicted molar refractivity (Wildman–Crippen MR) is 81.2 cm³/mol. The van der Waals surface area contributed by atoms with Crippen molar-refractivity contribution in [1.29, 1.82) is 0 Å². The minimum Gasteiger partial charge on any atom is -0.497 e. The molecule has 2 aromatic rings. The summed E-state index contributed by atoms with van der Waals surface area (Å²) >= 11 is 0. The Bertz CT molecular complexity index is 823. The first-order chi connectivity index (χ1) is 11.5. The van der Waals surface area contributed by atoms with Crippen molar-refractivity contribution in [3.63, 3.8) is 0 Å². The van der Waals surface area contributed by atoms with E-state index in [4.69, 9.17) is 4.74 Å². The monoisotopic (exact) mass is 333 g/mol. The number of hydrogen-bond acceptors (Lipinski definition) is 6. The second-order valence-corrected chi connectivity index (χ2v) is 5.39. The summed E-state index contributed by atoms with van der Waals surface area (Å²) in [6, 6.07) is 5.98. The van der Waals surface area contributed by atoms with Crippen LogP contribution in [-0.2, 0) is 23.2 Å². The molecule has 1 saturated heterocycles. The molecule has 1 aromatic carbocycles. The molecule has 3 rings (SSSR count). The SMILES string of the molecule is COc1ccc(N2C(=O)CC(NCc3c(=O)o[nH][n+]3C)C2=O)cc1. The number of benzene rings is 1. The van der Waals surface area contributed by atoms with Gasteiger partial charge in [-0.05, 0) is 29.5 Å². The zero-order chi connectivity index (χ0) is 17.3. The summed E-state index contributed by atoms with van der Waals surface area (Å²) in [5.41, 5.74) is 0.300. The van der Waals surface area contributed by atoms with E-state index in [2.05, 4.69) is 15.1 Å². The molecule has 1 aliphatic heterocycles. The number of imide groups is 1. The molecule has 1 unspecified atom stereocenters. The molecule has 1 aromatic heterocycles. The van der Waals surface area contributed by atoms with Crippen LogP contribution in [-0.4, -0.2) is 30.2 Å². The summed E-state index contributed by atoms with van der Waals surface area (Å²) in [5, 5.41) is 5.32. The highest BCUT2D eigenvalue weighted by atomic mass is 16.5. The van der Waals surface area contributed by atoms with Crippen molar-refractivity contribution in [3.8, 4) is 5.75 Å². The number of ether oxygens (including phenoxy) is 1. The average Bonchev–Trinajstić information content (AvgIpc) is 3.05. The van der Waals surface area contributed by atoms with Gasteiger partial charge in [0.15, 0.2) is 7.05 Å². The Kier molecular flexibility index (Phi) is 4.17. The van der Waals surface area contributed by atoms with E-state index < -0.39 is 11.7 Å². The summed E-state index contributed by atoms with van der Waals surface area (Å²) < 4.78 is 11.1. The molecule has 0 spiro atoms. The highest BCUT2D eigenvalue weighted by molar-refractivity contribution is 6.22. The molecule has 24 heavy (non-hydrogen) atoms. The Morgan fingerprint density at radius 1 is 1.33 bits per heavy atom. The topological polar surface area (TPSA) is 109 Å². The van der Waals surface area contributed by atoms with Crippen LogP contribution in [0.4, 0.5) is 5.69 Å². The summed E-state index contributed by atoms with van der Waals surface area (Å²) in [7, 11) is 3.16. The Labute approximate surface area is 136 Å². The molecular weight excluding hydrogens is 316 g/mol. The second-order valence-electron chi connectivity index (χ2n) is 5.39. The van der Waals surface area contributed by atoms with Gasteiger partial charge in [-0.1, -0.05) is 4.68 Å². The Balaban J connectivity index is 1.72. The van der Waals surface area contributed by atoms with Gasteiger partial charge >= 0.3 is 11.3 Å². The van der Waals surface area contributed by atoms with E-state index in [1.807, 2.05) is 0 Å². The highest BCUT2D eigenvalue weighted by Crippen LogP contribution is 2.25. The van der Waals surface area contributed by atoms with Crippen molar-refractivity contribution in [3.05, 3.63) is 40.4 Å². The van der Waals surface area contributed by atoms with Gasteiger partial charge < -0.3 is 4.74 Å². The molecule has 1 fully saturated rings. The summed E-state index contributed by atoms with van der Waals surface area (Å²) in [6.45, 7) is 0.114. The molecule has 0 radical (unpaired) electrons. The van der Waals surface area contributed by atoms with Crippen LogP contribution >= 0.6 is 0 Å². The number of aryl methyl sites for hydroxylation is 1. The smallest absolute Gasteiger partial charge is 0.431 e. The van der Waals surface area contributed by atoms with Gasteiger partial charge in [-0.15, -0.1) is 0 Å². The van der Waals surface area contributed by atoms with Crippen molar-refractivity contribution < 1.29 is 23.5 Å². The second kappa shape index (κ2) is 6.28. The van der Waals surface area contributed by atoms with Crippen LogP contribution in [0.3, 0.4) is 0 Å². The number of nitrogens with one attached hydrogen (secondary N) is 2. The average molecular weight is 333 g/mol. The summed E-state index contributed by atoms with van der Waals surface area (Å²) in [5.74, 6) is -0.0138. The van der Waals surface area contributed by atoms with E-state index in [-0.39, 0.29) is 24.8 Å². The van der Waals surface area contributed by atoms with Crippen LogP contribution in [0.1, 0.15) is 12.1 Å². The van der Waals surface area contributed by atoms with Crippen molar-refractivity contribution in [2.75, 3.05) is 12.0 Å². The van der Waals surface area contributed by atoms with Crippen LogP contribution in [0.2, 0.25) is 0 Å². The lowest BCUT2D eigenvalue weighted by Gasteiger charge is -2.15. The maximum Gasteiger partial charge on any atom is 0.431 e. The number of rotatable bonds is 5. The first-order valence-electron chi connectivity index (χ1n) is 7.32. The van der Waals surface area contributed by atoms with E-state index >= 15 is 0 Å². The number of methoxy groups -OCH3 is 1. The van der Waals surface area contributed by atoms with Gasteiger partial charge in [0.05, 0.1) is 31.8 Å². The standard InChI is InChI=1S/C15H16N4O5/c1-18-12(15(22)24-17-18)8-16-11-7-13(20)19(14(11)21)9-3-5-10(23-2)6-4-9/h3-6,11,16H,7-8H2,1-2H3/p+1. The fourth-order valence-corrected chi connectivity index (χ4v) is 2.57. The largest absolute Gasteiger partial charge is 0.497 e. The molecule has 0 saturated carbocycles. The first kappa shape index (κ1) is 15.9. The zero-order valence-corrected chi connectivity index (χ0v) is 13.2. The molecule has 1 atom stereocenters. The highest BCUT2D eigenvalue weighted by Gasteiger charge is 2.39. The van der Waals surface area contributed by atoms with Gasteiger partial charge in [-0.3, -0.25) is 19.4 Å². The normalized spacial score (nSPS) is 17.6. The van der Waals surface area contributed by atoms with Crippen molar-refractivity contribution >= 4 is 17.5 Å². The molecular formula is C15H17N4O5+. The maximum atomic E-state index is 12.5. The minimum atomic E-state index is -0.686. The third kappa shape index (κ3) is 2.81. The number of aromatic amines is 1. The fraction of sp³-hybridized carbons (Fsp3) is 0.333. The maximum absolute atomic E-state index is 12.5. The quantitative estimate of drug-likeness (QED) is 0.549. The molecule has 2 amide bonds. The summed E-state index contributed by atoms with van der Waals surface area (Å²) in [4.78, 5) is 37.3. The van der Waals surface area contributed by atoms with E-state index in [9.17, 15) is 14.4 Å². The van der Waals surface area contributed by atoms with Crippen molar-refractivity contribution in [2.45, 2.75) is 19.0 Å². The lowest BCUT2D eigenvalue weighted by atomic mass is 10.2. The van der Waals surface area contributed by atoms with Gasteiger partial charge in [-0.25, -0.2) is 9.69 Å². The molecule has 9 nitrogen and oxygen atoms in total. The van der Waals surface area contributed by atoms with E-state index in [1.54, 1.807) is 38.4 Å². The lowest BCUT2D eigenvalue weighted by Crippen LogP contribution is -2.43. The van der Waals surface area contributed by atoms with E-state index in [1.165, 1.54) is 4.68 Å². The fourth-order valence-electron chi connectivity index (χ4n) is 2.57. The Hall–Kier alpha value is -2.94. The number of carbonyl (C=O) groups is 2. The van der Waals surface area contributed by atoms with Crippen molar-refractivity contribution in [2.24, 2.45) is 7.05 Å². The third-order valence-corrected chi connectivity index (χ3v) is 3.91. The van der Waals surface area contributed by atoms with Crippen LogP contribution in [0.5, 0.6) is 5.75 Å². The summed E-state index contributed by atoms with van der Waals surface area (Å²) in [6.07, 6.45) is 0.0321. The predicted octanol–water partition coefficient (Wildman–Crippen LogP) is -0.777. The number of hydrogen-bond donors (Lipinski definition) is 2. The molecule has 0 aliphatic carbocycles. The number of aromatic nitrogens is 2. The molecule has 126 valence electrons. The molecule has 1 aliphatic rings. The number of nitrogens with zero attached hydrogens (tertiary/aromatic N) is 2. The minimum absolute atomic E-state index is 0.0321. The van der Waals surface area contributed by atoms with Crippen LogP contribution in [0.15, 0.2) is 33.6 Å². The Morgan fingerprint density at radius 3 is 2.62 bits per heavy atom. The van der Waals surface area contributed by atoms with Gasteiger partial charge in [0.25, 0.3) is 5.91 Å². The number of carbonyl (C=O) groups excluding carboxylic acids is 2. The first-order valence-corrected chi connectivity index (χ1v) is 7.32. The molecule has 9 heteroatoms. The van der Waals surface area contributed by atoms with Crippen LogP contribution in [0.25, 0.3) is 0 Å². The molecule has 2 heterocycles. The van der Waals surface area contributed by atoms with Gasteiger partial charge in [-0.2, -0.15) is 0 Å². The zero-order valence-electron chi connectivity index (χ0n) is 13.2.